The van der Waals surface area contributed by atoms with E-state index in [1.54, 1.807) is 0 Å². The summed E-state index contributed by atoms with van der Waals surface area (Å²) in [6, 6.07) is 1.28. The zero-order chi connectivity index (χ0) is 28.1. The first-order valence-electron chi connectivity index (χ1n) is 11.4. The SMILES string of the molecule is Nc1ccn(C2OC(COP(=O)(O)OC3C(CO)OC(n4cnc5c(N)ncnc54)C3O)C(O)C2O)c(=O)n1. The number of ether oxygens (including phenoxy) is 2. The Kier molecular flexibility index (Phi) is 7.37. The Morgan fingerprint density at radius 1 is 1.03 bits per heavy atom. The number of aliphatic hydroxyl groups excluding tert-OH is 4. The summed E-state index contributed by atoms with van der Waals surface area (Å²) in [5.41, 5.74) is 10.8. The minimum absolute atomic E-state index is 0.0670. The summed E-state index contributed by atoms with van der Waals surface area (Å²) in [5, 5.41) is 41.3. The molecule has 9 atom stereocenters. The van der Waals surface area contributed by atoms with Crippen molar-refractivity contribution in [3.63, 3.8) is 0 Å². The van der Waals surface area contributed by atoms with Crippen LogP contribution in [0.15, 0.2) is 29.7 Å². The van der Waals surface area contributed by atoms with Crippen LogP contribution in [0.5, 0.6) is 0 Å². The van der Waals surface area contributed by atoms with Crippen molar-refractivity contribution in [1.29, 1.82) is 0 Å². The van der Waals surface area contributed by atoms with Crippen molar-refractivity contribution in [2.24, 2.45) is 0 Å². The molecule has 39 heavy (non-hydrogen) atoms. The number of nitrogen functional groups attached to an aromatic ring is 2. The molecule has 3 aromatic heterocycles. The van der Waals surface area contributed by atoms with Gasteiger partial charge in [-0.15, -0.1) is 0 Å². The number of hydrogen-bond donors (Lipinski definition) is 7. The Balaban J connectivity index is 1.26. The van der Waals surface area contributed by atoms with E-state index in [0.29, 0.717) is 0 Å². The monoisotopic (exact) mass is 572 g/mol. The number of rotatable bonds is 8. The van der Waals surface area contributed by atoms with Crippen molar-refractivity contribution < 1.29 is 48.4 Å². The predicted octanol–water partition coefficient (Wildman–Crippen LogP) is -3.38. The maximum Gasteiger partial charge on any atom is 0.472 e. The summed E-state index contributed by atoms with van der Waals surface area (Å²) >= 11 is 0. The Labute approximate surface area is 217 Å². The van der Waals surface area contributed by atoms with Gasteiger partial charge in [0.05, 0.1) is 19.5 Å². The number of hydrogen-bond acceptors (Lipinski definition) is 16. The number of phosphoric ester groups is 1. The van der Waals surface area contributed by atoms with E-state index < -0.39 is 75.8 Å². The highest BCUT2D eigenvalue weighted by molar-refractivity contribution is 7.47. The number of imidazole rings is 1. The molecule has 0 aliphatic carbocycles. The molecule has 0 amide bonds. The Bertz CT molecular complexity index is 1450. The van der Waals surface area contributed by atoms with E-state index in [1.807, 2.05) is 0 Å². The maximum absolute atomic E-state index is 12.7. The van der Waals surface area contributed by atoms with Crippen LogP contribution in [0.1, 0.15) is 12.5 Å². The summed E-state index contributed by atoms with van der Waals surface area (Å²) in [4.78, 5) is 37.9. The van der Waals surface area contributed by atoms with Gasteiger partial charge in [0.25, 0.3) is 0 Å². The largest absolute Gasteiger partial charge is 0.472 e. The number of aromatic nitrogens is 6. The number of aliphatic hydroxyl groups is 4. The van der Waals surface area contributed by atoms with Crippen LogP contribution < -0.4 is 17.2 Å². The van der Waals surface area contributed by atoms with E-state index >= 15 is 0 Å². The minimum atomic E-state index is -4.99. The van der Waals surface area contributed by atoms with Crippen LogP contribution in [-0.4, -0.2) is 104 Å². The van der Waals surface area contributed by atoms with Gasteiger partial charge in [0.1, 0.15) is 54.3 Å². The fourth-order valence-corrected chi connectivity index (χ4v) is 5.32. The van der Waals surface area contributed by atoms with Crippen molar-refractivity contribution >= 4 is 30.6 Å². The molecule has 5 rings (SSSR count). The quantitative estimate of drug-likeness (QED) is 0.130. The highest BCUT2D eigenvalue weighted by atomic mass is 31.2. The van der Waals surface area contributed by atoms with Gasteiger partial charge in [-0.1, -0.05) is 0 Å². The number of anilines is 2. The van der Waals surface area contributed by atoms with E-state index in [0.717, 1.165) is 4.57 Å². The van der Waals surface area contributed by atoms with Crippen molar-refractivity contribution in [1.82, 2.24) is 29.1 Å². The molecule has 2 fully saturated rings. The number of fused-ring (bicyclic) bond motifs is 1. The Morgan fingerprint density at radius 3 is 2.46 bits per heavy atom. The van der Waals surface area contributed by atoms with Gasteiger partial charge >= 0.3 is 13.5 Å². The fourth-order valence-electron chi connectivity index (χ4n) is 4.35. The fraction of sp³-hybridized carbons (Fsp3) is 0.526. The van der Waals surface area contributed by atoms with E-state index in [-0.39, 0.29) is 22.8 Å². The van der Waals surface area contributed by atoms with E-state index in [4.69, 9.17) is 30.0 Å². The molecule has 9 unspecified atom stereocenters. The molecule has 19 nitrogen and oxygen atoms in total. The average Bonchev–Trinajstić information content (AvgIpc) is 3.53. The molecule has 20 heteroatoms. The van der Waals surface area contributed by atoms with Crippen molar-refractivity contribution in [3.05, 3.63) is 35.4 Å². The molecule has 0 spiro atoms. The van der Waals surface area contributed by atoms with Gasteiger partial charge in [0, 0.05) is 6.20 Å². The smallest absolute Gasteiger partial charge is 0.394 e. The molecular formula is C19H25N8O11P. The Hall–Kier alpha value is -3.10. The molecule has 0 aromatic carbocycles. The maximum atomic E-state index is 12.7. The number of nitrogens with zero attached hydrogens (tertiary/aromatic N) is 6. The lowest BCUT2D eigenvalue weighted by Gasteiger charge is -2.23. The van der Waals surface area contributed by atoms with Crippen LogP contribution in [0.2, 0.25) is 0 Å². The van der Waals surface area contributed by atoms with Gasteiger partial charge in [-0.2, -0.15) is 4.98 Å². The van der Waals surface area contributed by atoms with E-state index in [2.05, 4.69) is 19.9 Å². The minimum Gasteiger partial charge on any atom is -0.394 e. The highest BCUT2D eigenvalue weighted by Gasteiger charge is 2.50. The lowest BCUT2D eigenvalue weighted by atomic mass is 10.1. The average molecular weight is 572 g/mol. The molecule has 9 N–H and O–H groups in total. The lowest BCUT2D eigenvalue weighted by Crippen LogP contribution is -2.37. The summed E-state index contributed by atoms with van der Waals surface area (Å²) in [7, 11) is -4.99. The predicted molar refractivity (Wildman–Crippen MR) is 126 cm³/mol. The molecule has 212 valence electrons. The molecule has 0 bridgehead atoms. The van der Waals surface area contributed by atoms with Crippen LogP contribution in [0.4, 0.5) is 11.6 Å². The van der Waals surface area contributed by atoms with Gasteiger partial charge in [-0.05, 0) is 6.07 Å². The van der Waals surface area contributed by atoms with Crippen LogP contribution in [-0.2, 0) is 23.1 Å². The van der Waals surface area contributed by atoms with E-state index in [9.17, 15) is 34.7 Å². The van der Waals surface area contributed by atoms with Crippen molar-refractivity contribution in [3.8, 4) is 0 Å². The molecule has 2 aliphatic heterocycles. The molecular weight excluding hydrogens is 547 g/mol. The number of phosphoric acid groups is 1. The summed E-state index contributed by atoms with van der Waals surface area (Å²) in [5.74, 6) is 0.00915. The van der Waals surface area contributed by atoms with Gasteiger partial charge in [0.15, 0.2) is 23.9 Å². The molecule has 2 aliphatic rings. The second-order valence-corrected chi connectivity index (χ2v) is 10.2. The van der Waals surface area contributed by atoms with Gasteiger partial charge in [-0.3, -0.25) is 18.2 Å². The van der Waals surface area contributed by atoms with E-state index in [1.165, 1.54) is 29.5 Å². The van der Waals surface area contributed by atoms with Crippen LogP contribution >= 0.6 is 7.82 Å². The van der Waals surface area contributed by atoms with Gasteiger partial charge < -0.3 is 46.3 Å². The van der Waals surface area contributed by atoms with Crippen molar-refractivity contribution in [2.45, 2.75) is 49.1 Å². The molecule has 5 heterocycles. The second-order valence-electron chi connectivity index (χ2n) is 8.74. The molecule has 2 saturated heterocycles. The van der Waals surface area contributed by atoms with Crippen molar-refractivity contribution in [2.75, 3.05) is 24.7 Å². The summed E-state index contributed by atoms with van der Waals surface area (Å²) < 4.78 is 36.1. The lowest BCUT2D eigenvalue weighted by molar-refractivity contribution is -0.0609. The third kappa shape index (κ3) is 5.12. The highest BCUT2D eigenvalue weighted by Crippen LogP contribution is 2.49. The molecule has 3 aromatic rings. The van der Waals surface area contributed by atoms with Crippen LogP contribution in [0.3, 0.4) is 0 Å². The normalized spacial score (nSPS) is 32.5. The third-order valence-electron chi connectivity index (χ3n) is 6.27. The van der Waals surface area contributed by atoms with Gasteiger partial charge in [-0.25, -0.2) is 24.3 Å². The second kappa shape index (κ2) is 10.5. The molecule has 0 radical (unpaired) electrons. The summed E-state index contributed by atoms with van der Waals surface area (Å²) in [6.45, 7) is -1.47. The first kappa shape index (κ1) is 27.5. The Morgan fingerprint density at radius 2 is 1.74 bits per heavy atom. The molecule has 0 saturated carbocycles. The number of nitrogens with two attached hydrogens (primary N) is 2. The third-order valence-corrected chi connectivity index (χ3v) is 7.26. The topological polar surface area (TPSA) is 286 Å². The zero-order valence-corrected chi connectivity index (χ0v) is 20.7. The first-order chi connectivity index (χ1) is 18.5. The van der Waals surface area contributed by atoms with Gasteiger partial charge in [0.2, 0.25) is 0 Å². The first-order valence-corrected chi connectivity index (χ1v) is 12.9. The van der Waals surface area contributed by atoms with Crippen LogP contribution in [0, 0.1) is 0 Å². The van der Waals surface area contributed by atoms with Crippen LogP contribution in [0.25, 0.3) is 11.2 Å². The summed E-state index contributed by atoms with van der Waals surface area (Å²) in [6.07, 6.45) is -8.04. The standard InChI is InChI=1S/C19H25N8O11P/c20-9-1-2-26(19(32)25-9)17-12(30)11(29)8(37-17)4-35-39(33,34)38-14-7(3-28)36-18(13(14)31)27-6-24-10-15(21)22-5-23-16(10)27/h1-2,5-8,11-14,17-18,28-31H,3-4H2,(H,33,34)(H2,20,25,32)(H2,21,22,23). The zero-order valence-electron chi connectivity index (χ0n) is 19.8.